The van der Waals surface area contributed by atoms with Crippen LogP contribution < -0.4 is 0 Å². The van der Waals surface area contributed by atoms with Crippen LogP contribution in [0.4, 0.5) is 0 Å². The summed E-state index contributed by atoms with van der Waals surface area (Å²) in [5.74, 6) is 0.588. The SMILES string of the molecule is [2H]C([2H])([2H])c1cc(-c2ccccc2)ccc1-n1c(-c2cc(C(C)(C)C)cc(C(C)(C)C)c2O)nc2c(-c3cc(-c4cc(-c5ccccc5C(C)(C)C)ccn4)cc(C(C)(C)C)c3)cccc21. The molecule has 6 aromatic carbocycles. The molecule has 0 aliphatic rings. The van der Waals surface area contributed by atoms with Gasteiger partial charge in [-0.2, -0.15) is 0 Å². The van der Waals surface area contributed by atoms with Crippen molar-refractivity contribution in [3.05, 3.63) is 167 Å². The standard InChI is InChI=1S/C59H63N3O/c1-37-30-39(38-20-15-14-16-21-38)26-27-51(37)62-52-25-19-23-46(53(52)61-55(62)47-35-44(57(5,6)7)36-49(54(47)63)59(11,12)13)41-31-42(33-43(32-41)56(2,3)4)50-34-40(28-29-60-50)45-22-17-18-24-48(45)58(8,9)10/h14-36,63H,1-13H3/i1D3. The average Bonchev–Trinajstić information content (AvgIpc) is 3.64. The van der Waals surface area contributed by atoms with E-state index in [1.165, 1.54) is 11.1 Å². The molecule has 0 aliphatic heterocycles. The van der Waals surface area contributed by atoms with E-state index in [0.29, 0.717) is 22.6 Å². The molecule has 63 heavy (non-hydrogen) atoms. The molecule has 0 saturated heterocycles. The van der Waals surface area contributed by atoms with Gasteiger partial charge in [0.25, 0.3) is 0 Å². The van der Waals surface area contributed by atoms with Crippen LogP contribution in [-0.4, -0.2) is 19.6 Å². The largest absolute Gasteiger partial charge is 0.507 e. The molecule has 2 heterocycles. The second-order valence-electron chi connectivity index (χ2n) is 21.2. The van der Waals surface area contributed by atoms with Crippen LogP contribution in [0.15, 0.2) is 140 Å². The number of fused-ring (bicyclic) bond motifs is 1. The third-order valence-corrected chi connectivity index (χ3v) is 12.3. The maximum atomic E-state index is 12.5. The maximum Gasteiger partial charge on any atom is 0.149 e. The van der Waals surface area contributed by atoms with Crippen LogP contribution in [0, 0.1) is 6.85 Å². The molecule has 0 unspecified atom stereocenters. The van der Waals surface area contributed by atoms with Gasteiger partial charge in [0.2, 0.25) is 0 Å². The first-order valence-electron chi connectivity index (χ1n) is 23.6. The number of aromatic hydroxyl groups is 1. The maximum absolute atomic E-state index is 12.5. The van der Waals surface area contributed by atoms with E-state index in [9.17, 15) is 5.11 Å². The van der Waals surface area contributed by atoms with Gasteiger partial charge in [-0.25, -0.2) is 4.98 Å². The predicted molar refractivity (Wildman–Crippen MR) is 267 cm³/mol. The van der Waals surface area contributed by atoms with Crippen LogP contribution in [0.2, 0.25) is 0 Å². The van der Waals surface area contributed by atoms with E-state index >= 15 is 0 Å². The van der Waals surface area contributed by atoms with Crippen molar-refractivity contribution in [2.75, 3.05) is 0 Å². The Hall–Kier alpha value is -6.26. The number of aryl methyl sites for hydroxylation is 1. The Balaban J connectivity index is 1.44. The minimum absolute atomic E-state index is 0.0480. The van der Waals surface area contributed by atoms with E-state index in [0.717, 1.165) is 61.3 Å². The van der Waals surface area contributed by atoms with Crippen molar-refractivity contribution in [3.8, 4) is 67.5 Å². The molecule has 0 atom stereocenters. The van der Waals surface area contributed by atoms with Gasteiger partial charge in [0, 0.05) is 27.0 Å². The lowest BCUT2D eigenvalue weighted by Crippen LogP contribution is -2.17. The van der Waals surface area contributed by atoms with E-state index < -0.39 is 12.3 Å². The predicted octanol–water partition coefficient (Wildman–Crippen LogP) is 16.0. The fourth-order valence-electron chi connectivity index (χ4n) is 8.62. The van der Waals surface area contributed by atoms with E-state index in [4.69, 9.17) is 14.1 Å². The van der Waals surface area contributed by atoms with Crippen LogP contribution in [0.25, 0.3) is 72.7 Å². The van der Waals surface area contributed by atoms with Crippen LogP contribution >= 0.6 is 0 Å². The highest BCUT2D eigenvalue weighted by atomic mass is 16.3. The molecule has 320 valence electrons. The second-order valence-corrected chi connectivity index (χ2v) is 21.2. The van der Waals surface area contributed by atoms with Crippen LogP contribution in [0.3, 0.4) is 0 Å². The molecule has 0 amide bonds. The third-order valence-electron chi connectivity index (χ3n) is 12.3. The number of para-hydroxylation sites is 1. The van der Waals surface area contributed by atoms with Gasteiger partial charge in [0.1, 0.15) is 11.6 Å². The first-order chi connectivity index (χ1) is 30.8. The first kappa shape index (κ1) is 39.6. The molecule has 0 fully saturated rings. The first-order valence-corrected chi connectivity index (χ1v) is 22.1. The van der Waals surface area contributed by atoms with Crippen molar-refractivity contribution in [2.24, 2.45) is 0 Å². The van der Waals surface area contributed by atoms with Crippen molar-refractivity contribution in [1.29, 1.82) is 0 Å². The average molecular weight is 833 g/mol. The zero-order valence-corrected chi connectivity index (χ0v) is 39.1. The second kappa shape index (κ2) is 15.8. The number of benzene rings is 6. The van der Waals surface area contributed by atoms with Gasteiger partial charge >= 0.3 is 0 Å². The lowest BCUT2D eigenvalue weighted by Gasteiger charge is -2.27. The summed E-state index contributed by atoms with van der Waals surface area (Å²) in [4.78, 5) is 10.5. The highest BCUT2D eigenvalue weighted by Gasteiger charge is 2.29. The lowest BCUT2D eigenvalue weighted by atomic mass is 9.79. The van der Waals surface area contributed by atoms with Crippen molar-refractivity contribution in [2.45, 2.75) is 112 Å². The molecule has 0 aliphatic carbocycles. The summed E-state index contributed by atoms with van der Waals surface area (Å²) in [6.45, 7) is 23.7. The molecule has 2 aromatic heterocycles. The number of aromatic nitrogens is 3. The van der Waals surface area contributed by atoms with Gasteiger partial charge in [0.05, 0.1) is 28.0 Å². The summed E-state index contributed by atoms with van der Waals surface area (Å²) in [6.07, 6.45) is 1.90. The summed E-state index contributed by atoms with van der Waals surface area (Å²) >= 11 is 0. The zero-order chi connectivity index (χ0) is 47.7. The van der Waals surface area contributed by atoms with Gasteiger partial charge in [-0.05, 0) is 127 Å². The number of imidazole rings is 1. The van der Waals surface area contributed by atoms with Crippen molar-refractivity contribution in [1.82, 2.24) is 14.5 Å². The lowest BCUT2D eigenvalue weighted by molar-refractivity contribution is 0.446. The summed E-state index contributed by atoms with van der Waals surface area (Å²) in [5, 5.41) is 12.5. The Morgan fingerprint density at radius 1 is 0.492 bits per heavy atom. The smallest absolute Gasteiger partial charge is 0.149 e. The van der Waals surface area contributed by atoms with Gasteiger partial charge in [0.15, 0.2) is 0 Å². The normalized spacial score (nSPS) is 13.5. The summed E-state index contributed by atoms with van der Waals surface area (Å²) < 4.78 is 28.8. The van der Waals surface area contributed by atoms with E-state index in [1.807, 2.05) is 71.4 Å². The Morgan fingerprint density at radius 2 is 1.14 bits per heavy atom. The van der Waals surface area contributed by atoms with Crippen LogP contribution in [0.5, 0.6) is 5.75 Å². The number of phenolic OH excluding ortho intramolecular Hbond substituents is 1. The van der Waals surface area contributed by atoms with E-state index in [2.05, 4.69) is 150 Å². The molecule has 8 aromatic rings. The minimum Gasteiger partial charge on any atom is -0.507 e. The van der Waals surface area contributed by atoms with E-state index in [-0.39, 0.29) is 27.6 Å². The van der Waals surface area contributed by atoms with Gasteiger partial charge in [-0.1, -0.05) is 168 Å². The van der Waals surface area contributed by atoms with Crippen molar-refractivity contribution >= 4 is 11.0 Å². The topological polar surface area (TPSA) is 50.9 Å². The van der Waals surface area contributed by atoms with Gasteiger partial charge in [-0.15, -0.1) is 0 Å². The minimum atomic E-state index is -2.48. The number of hydrogen-bond acceptors (Lipinski definition) is 3. The fourth-order valence-corrected chi connectivity index (χ4v) is 8.62. The molecule has 0 spiro atoms. The van der Waals surface area contributed by atoms with Crippen LogP contribution in [0.1, 0.15) is 115 Å². The molecule has 0 saturated carbocycles. The molecule has 8 rings (SSSR count). The summed E-state index contributed by atoms with van der Waals surface area (Å²) in [5.41, 5.74) is 13.6. The third kappa shape index (κ3) is 8.48. The number of pyridine rings is 1. The monoisotopic (exact) mass is 833 g/mol. The summed E-state index contributed by atoms with van der Waals surface area (Å²) in [7, 11) is 0. The fraction of sp³-hybridized carbons (Fsp3) is 0.288. The highest BCUT2D eigenvalue weighted by Crippen LogP contribution is 2.45. The number of rotatable bonds is 6. The van der Waals surface area contributed by atoms with Crippen LogP contribution in [-0.2, 0) is 21.7 Å². The van der Waals surface area contributed by atoms with E-state index in [1.54, 1.807) is 6.07 Å². The number of nitrogens with zero attached hydrogens (tertiary/aromatic N) is 3. The quantitative estimate of drug-likeness (QED) is 0.182. The number of phenols is 1. The Kier molecular flexibility index (Phi) is 9.94. The molecular formula is C59H63N3O. The Labute approximate surface area is 380 Å². The van der Waals surface area contributed by atoms with Gasteiger partial charge in [-0.3, -0.25) is 9.55 Å². The Morgan fingerprint density at radius 3 is 1.83 bits per heavy atom. The molecular weight excluding hydrogens is 767 g/mol. The Bertz CT molecular complexity index is 3110. The van der Waals surface area contributed by atoms with Crippen molar-refractivity contribution in [3.63, 3.8) is 0 Å². The van der Waals surface area contributed by atoms with Crippen molar-refractivity contribution < 1.29 is 9.22 Å². The molecule has 4 heteroatoms. The van der Waals surface area contributed by atoms with Gasteiger partial charge < -0.3 is 5.11 Å². The molecule has 4 nitrogen and oxygen atoms in total. The number of hydrogen-bond donors (Lipinski definition) is 1. The molecule has 0 bridgehead atoms. The zero-order valence-electron chi connectivity index (χ0n) is 42.1. The molecule has 1 N–H and O–H groups in total. The summed E-state index contributed by atoms with van der Waals surface area (Å²) in [6, 6.07) is 45.3. The molecule has 0 radical (unpaired) electrons. The highest BCUT2D eigenvalue weighted by molar-refractivity contribution is 5.97.